The minimum atomic E-state index is -1.09. The molecule has 0 aliphatic carbocycles. The number of hydrogen-bond donors (Lipinski definition) is 2. The smallest absolute Gasteiger partial charge is 0.337 e. The first-order valence-corrected chi connectivity index (χ1v) is 4.55. The number of carboxylic acids is 1. The Morgan fingerprint density at radius 3 is 2.64 bits per heavy atom. The van der Waals surface area contributed by atoms with Crippen molar-refractivity contribution < 1.29 is 14.7 Å². The maximum Gasteiger partial charge on any atom is 0.337 e. The number of halogens is 1. The third kappa shape index (κ3) is 2.29. The highest BCUT2D eigenvalue weighted by Gasteiger charge is 2.15. The number of pyridine rings is 1. The molecule has 1 unspecified atom stereocenters. The van der Waals surface area contributed by atoms with Gasteiger partial charge in [-0.1, -0.05) is 15.9 Å². The third-order valence-electron chi connectivity index (χ3n) is 1.55. The Balaban J connectivity index is 3.05. The summed E-state index contributed by atoms with van der Waals surface area (Å²) in [5, 5.41) is 8.66. The van der Waals surface area contributed by atoms with E-state index in [0.29, 0.717) is 5.56 Å². The molecule has 1 aromatic heterocycles. The molecule has 1 aromatic rings. The summed E-state index contributed by atoms with van der Waals surface area (Å²) in [6.07, 6.45) is 2.59. The molecule has 0 bridgehead atoms. The van der Waals surface area contributed by atoms with Crippen molar-refractivity contribution >= 4 is 27.8 Å². The Labute approximate surface area is 88.1 Å². The number of aromatic carboxylic acids is 1. The van der Waals surface area contributed by atoms with Crippen molar-refractivity contribution in [1.29, 1.82) is 0 Å². The maximum absolute atomic E-state index is 10.8. The lowest BCUT2D eigenvalue weighted by Crippen LogP contribution is -2.17. The fourth-order valence-corrected chi connectivity index (χ4v) is 1.13. The van der Waals surface area contributed by atoms with Gasteiger partial charge in [0.05, 0.1) is 5.56 Å². The van der Waals surface area contributed by atoms with Gasteiger partial charge in [-0.15, -0.1) is 0 Å². The summed E-state index contributed by atoms with van der Waals surface area (Å²) in [5.41, 5.74) is 5.48. The van der Waals surface area contributed by atoms with Crippen molar-refractivity contribution in [3.05, 3.63) is 29.6 Å². The molecule has 0 aliphatic heterocycles. The number of primary amides is 1. The average Bonchev–Trinajstić information content (AvgIpc) is 2.16. The molecule has 3 N–H and O–H groups in total. The van der Waals surface area contributed by atoms with Gasteiger partial charge in [0.1, 0.15) is 4.83 Å². The van der Waals surface area contributed by atoms with Crippen LogP contribution in [0, 0.1) is 0 Å². The molecule has 1 heterocycles. The van der Waals surface area contributed by atoms with E-state index in [1.165, 1.54) is 18.5 Å². The van der Waals surface area contributed by atoms with E-state index in [4.69, 9.17) is 10.8 Å². The SMILES string of the molecule is NC(=O)C(Br)c1cncc(C(=O)O)c1. The van der Waals surface area contributed by atoms with Gasteiger partial charge in [0.25, 0.3) is 0 Å². The summed E-state index contributed by atoms with van der Waals surface area (Å²) in [7, 11) is 0. The van der Waals surface area contributed by atoms with Crippen LogP contribution in [0.4, 0.5) is 0 Å². The predicted octanol–water partition coefficient (Wildman–Crippen LogP) is 0.701. The first-order valence-electron chi connectivity index (χ1n) is 3.64. The summed E-state index contributed by atoms with van der Waals surface area (Å²) in [6.45, 7) is 0. The van der Waals surface area contributed by atoms with Crippen molar-refractivity contribution in [3.8, 4) is 0 Å². The van der Waals surface area contributed by atoms with Gasteiger partial charge in [0.15, 0.2) is 0 Å². The van der Waals surface area contributed by atoms with Gasteiger partial charge in [-0.2, -0.15) is 0 Å². The van der Waals surface area contributed by atoms with E-state index in [0.717, 1.165) is 0 Å². The number of rotatable bonds is 3. The molecule has 0 aromatic carbocycles. The molecule has 1 rings (SSSR count). The van der Waals surface area contributed by atoms with Gasteiger partial charge in [-0.3, -0.25) is 9.78 Å². The van der Waals surface area contributed by atoms with Crippen LogP contribution in [0.2, 0.25) is 0 Å². The third-order valence-corrected chi connectivity index (χ3v) is 2.53. The number of nitrogens with two attached hydrogens (primary N) is 1. The molecule has 74 valence electrons. The van der Waals surface area contributed by atoms with Gasteiger partial charge in [-0.05, 0) is 11.6 Å². The van der Waals surface area contributed by atoms with Crippen LogP contribution in [-0.2, 0) is 4.79 Å². The summed E-state index contributed by atoms with van der Waals surface area (Å²) >= 11 is 3.03. The predicted molar refractivity (Wildman–Crippen MR) is 52.1 cm³/mol. The Hall–Kier alpha value is -1.43. The lowest BCUT2D eigenvalue weighted by atomic mass is 10.1. The van der Waals surface area contributed by atoms with E-state index >= 15 is 0 Å². The number of aromatic nitrogens is 1. The maximum atomic E-state index is 10.8. The van der Waals surface area contributed by atoms with Gasteiger partial charge in [0, 0.05) is 12.4 Å². The number of carboxylic acid groups (broad SMARTS) is 1. The lowest BCUT2D eigenvalue weighted by molar-refractivity contribution is -0.117. The molecule has 0 fully saturated rings. The minimum absolute atomic E-state index is 0.0215. The van der Waals surface area contributed by atoms with E-state index in [1.54, 1.807) is 0 Å². The molecule has 1 atom stereocenters. The van der Waals surface area contributed by atoms with Crippen LogP contribution in [0.5, 0.6) is 0 Å². The topological polar surface area (TPSA) is 93.3 Å². The second kappa shape index (κ2) is 4.19. The summed E-state index contributed by atoms with van der Waals surface area (Å²) in [5.74, 6) is -1.68. The fourth-order valence-electron chi connectivity index (χ4n) is 0.878. The monoisotopic (exact) mass is 258 g/mol. The van der Waals surface area contributed by atoms with Gasteiger partial charge in [-0.25, -0.2) is 4.79 Å². The van der Waals surface area contributed by atoms with Crippen LogP contribution >= 0.6 is 15.9 Å². The molecular formula is C8H7BrN2O3. The standard InChI is InChI=1S/C8H7BrN2O3/c9-6(7(10)12)4-1-5(8(13)14)3-11-2-4/h1-3,6H,(H2,10,12)(H,13,14). The normalized spacial score (nSPS) is 12.1. The van der Waals surface area contributed by atoms with Gasteiger partial charge < -0.3 is 10.8 Å². The molecule has 0 radical (unpaired) electrons. The van der Waals surface area contributed by atoms with Crippen molar-refractivity contribution in [2.24, 2.45) is 5.73 Å². The Bertz CT molecular complexity index is 381. The van der Waals surface area contributed by atoms with Crippen molar-refractivity contribution in [1.82, 2.24) is 4.98 Å². The number of hydrogen-bond acceptors (Lipinski definition) is 3. The zero-order chi connectivity index (χ0) is 10.7. The molecule has 5 nitrogen and oxygen atoms in total. The van der Waals surface area contributed by atoms with Crippen molar-refractivity contribution in [2.45, 2.75) is 4.83 Å². The quantitative estimate of drug-likeness (QED) is 0.781. The summed E-state index contributed by atoms with van der Waals surface area (Å²) in [6, 6.07) is 1.35. The number of alkyl halides is 1. The second-order valence-electron chi connectivity index (χ2n) is 2.58. The Morgan fingerprint density at radius 1 is 1.50 bits per heavy atom. The van der Waals surface area contributed by atoms with Crippen LogP contribution < -0.4 is 5.73 Å². The van der Waals surface area contributed by atoms with E-state index in [1.807, 2.05) is 0 Å². The number of carbonyl (C=O) groups excluding carboxylic acids is 1. The van der Waals surface area contributed by atoms with Crippen LogP contribution in [0.3, 0.4) is 0 Å². The van der Waals surface area contributed by atoms with Crippen LogP contribution in [0.25, 0.3) is 0 Å². The molecule has 0 aliphatic rings. The summed E-state index contributed by atoms with van der Waals surface area (Å²) in [4.78, 5) is 24.3. The van der Waals surface area contributed by atoms with Crippen LogP contribution in [-0.4, -0.2) is 22.0 Å². The molecule has 1 amide bonds. The highest BCUT2D eigenvalue weighted by Crippen LogP contribution is 2.21. The number of amides is 1. The summed E-state index contributed by atoms with van der Waals surface area (Å²) < 4.78 is 0. The largest absolute Gasteiger partial charge is 0.478 e. The first-order chi connectivity index (χ1) is 6.52. The van der Waals surface area contributed by atoms with Gasteiger partial charge >= 0.3 is 5.97 Å². The van der Waals surface area contributed by atoms with Crippen molar-refractivity contribution in [3.63, 3.8) is 0 Å². The molecule has 14 heavy (non-hydrogen) atoms. The number of carbonyl (C=O) groups is 2. The molecule has 6 heteroatoms. The minimum Gasteiger partial charge on any atom is -0.478 e. The van der Waals surface area contributed by atoms with E-state index in [2.05, 4.69) is 20.9 Å². The van der Waals surface area contributed by atoms with Crippen LogP contribution in [0.1, 0.15) is 20.7 Å². The molecule has 0 spiro atoms. The lowest BCUT2D eigenvalue weighted by Gasteiger charge is -2.05. The van der Waals surface area contributed by atoms with Crippen LogP contribution in [0.15, 0.2) is 18.5 Å². The Kier molecular flexibility index (Phi) is 3.19. The van der Waals surface area contributed by atoms with Crippen molar-refractivity contribution in [2.75, 3.05) is 0 Å². The number of nitrogens with zero attached hydrogens (tertiary/aromatic N) is 1. The van der Waals surface area contributed by atoms with Gasteiger partial charge in [0.2, 0.25) is 5.91 Å². The average molecular weight is 259 g/mol. The zero-order valence-corrected chi connectivity index (χ0v) is 8.56. The zero-order valence-electron chi connectivity index (χ0n) is 6.98. The highest BCUT2D eigenvalue weighted by atomic mass is 79.9. The van der Waals surface area contributed by atoms with E-state index < -0.39 is 16.7 Å². The van der Waals surface area contributed by atoms with E-state index in [9.17, 15) is 9.59 Å². The Morgan fingerprint density at radius 2 is 2.14 bits per heavy atom. The first kappa shape index (κ1) is 10.6. The second-order valence-corrected chi connectivity index (χ2v) is 3.49. The van der Waals surface area contributed by atoms with E-state index in [-0.39, 0.29) is 5.56 Å². The molecular weight excluding hydrogens is 252 g/mol. The molecule has 0 saturated carbocycles. The highest BCUT2D eigenvalue weighted by molar-refractivity contribution is 9.09. The molecule has 0 saturated heterocycles. The fraction of sp³-hybridized carbons (Fsp3) is 0.125.